The molecule has 0 aromatic heterocycles. The van der Waals surface area contributed by atoms with E-state index < -0.39 is 17.7 Å². The number of Topliss-reactive ketones (excluding diaryl/α,β-unsaturated/α-hetero) is 1. The van der Waals surface area contributed by atoms with Gasteiger partial charge in [-0.2, -0.15) is 0 Å². The Kier molecular flexibility index (Phi) is 6.90. The average molecular weight is 408 g/mol. The van der Waals surface area contributed by atoms with Crippen molar-refractivity contribution in [2.24, 2.45) is 0 Å². The van der Waals surface area contributed by atoms with E-state index in [-0.39, 0.29) is 11.3 Å². The number of amides is 1. The van der Waals surface area contributed by atoms with Crippen molar-refractivity contribution in [1.82, 2.24) is 9.80 Å². The number of rotatable bonds is 8. The van der Waals surface area contributed by atoms with E-state index in [1.165, 1.54) is 0 Å². The molecule has 1 saturated heterocycles. The highest BCUT2D eigenvalue weighted by molar-refractivity contribution is 6.46. The van der Waals surface area contributed by atoms with Gasteiger partial charge in [-0.05, 0) is 42.9 Å². The zero-order valence-corrected chi connectivity index (χ0v) is 17.7. The van der Waals surface area contributed by atoms with E-state index in [1.807, 2.05) is 30.3 Å². The zero-order valence-electron chi connectivity index (χ0n) is 17.7. The summed E-state index contributed by atoms with van der Waals surface area (Å²) < 4.78 is 5.16. The molecule has 0 saturated carbocycles. The molecule has 0 aliphatic carbocycles. The third-order valence-corrected chi connectivity index (χ3v) is 5.57. The Morgan fingerprint density at radius 2 is 1.67 bits per heavy atom. The van der Waals surface area contributed by atoms with E-state index in [1.54, 1.807) is 36.3 Å². The highest BCUT2D eigenvalue weighted by Crippen LogP contribution is 2.39. The molecule has 158 valence electrons. The van der Waals surface area contributed by atoms with Gasteiger partial charge in [-0.25, -0.2) is 0 Å². The predicted octanol–water partition coefficient (Wildman–Crippen LogP) is 3.46. The second kappa shape index (κ2) is 9.59. The summed E-state index contributed by atoms with van der Waals surface area (Å²) in [5.41, 5.74) is 1.39. The summed E-state index contributed by atoms with van der Waals surface area (Å²) in [7, 11) is 1.56. The van der Waals surface area contributed by atoms with E-state index in [2.05, 4.69) is 18.7 Å². The summed E-state index contributed by atoms with van der Waals surface area (Å²) in [4.78, 5) is 29.7. The van der Waals surface area contributed by atoms with Gasteiger partial charge in [0.25, 0.3) is 11.7 Å². The lowest BCUT2D eigenvalue weighted by Crippen LogP contribution is -2.38. The Hall–Kier alpha value is -3.12. The van der Waals surface area contributed by atoms with Gasteiger partial charge in [0.1, 0.15) is 11.5 Å². The van der Waals surface area contributed by atoms with Gasteiger partial charge >= 0.3 is 0 Å². The maximum absolute atomic E-state index is 13.0. The number of benzene rings is 2. The minimum Gasteiger partial charge on any atom is -0.507 e. The van der Waals surface area contributed by atoms with Gasteiger partial charge in [0.15, 0.2) is 0 Å². The number of methoxy groups -OCH3 is 1. The van der Waals surface area contributed by atoms with Crippen LogP contribution in [-0.2, 0) is 9.59 Å². The summed E-state index contributed by atoms with van der Waals surface area (Å²) >= 11 is 0. The van der Waals surface area contributed by atoms with Crippen LogP contribution in [0.5, 0.6) is 5.75 Å². The van der Waals surface area contributed by atoms with Crippen LogP contribution in [0.4, 0.5) is 0 Å². The van der Waals surface area contributed by atoms with Gasteiger partial charge in [0.05, 0.1) is 18.7 Å². The van der Waals surface area contributed by atoms with Crippen LogP contribution < -0.4 is 4.74 Å². The Morgan fingerprint density at radius 3 is 2.23 bits per heavy atom. The smallest absolute Gasteiger partial charge is 0.295 e. The molecule has 1 unspecified atom stereocenters. The molecule has 1 atom stereocenters. The molecule has 6 nitrogen and oxygen atoms in total. The number of likely N-dealkylation sites (N-methyl/N-ethyl adjacent to an activating group) is 1. The molecule has 0 bridgehead atoms. The summed E-state index contributed by atoms with van der Waals surface area (Å²) in [6, 6.07) is 15.5. The molecule has 1 fully saturated rings. The molecule has 0 radical (unpaired) electrons. The van der Waals surface area contributed by atoms with Crippen LogP contribution in [0.1, 0.15) is 31.0 Å². The molecule has 1 N–H and O–H groups in total. The van der Waals surface area contributed by atoms with Crippen LogP contribution in [0, 0.1) is 0 Å². The van der Waals surface area contributed by atoms with Crippen molar-refractivity contribution in [3.8, 4) is 5.75 Å². The number of carbonyl (C=O) groups excluding carboxylic acids is 2. The molecule has 30 heavy (non-hydrogen) atoms. The standard InChI is InChI=1S/C24H28N2O4/c1-4-25(5-2)15-16-26-21(17-9-7-6-8-10-17)20(23(28)24(26)29)22(27)18-11-13-19(30-3)14-12-18/h6-14,21,27H,4-5,15-16H2,1-3H3. The van der Waals surface area contributed by atoms with Gasteiger partial charge in [-0.15, -0.1) is 0 Å². The highest BCUT2D eigenvalue weighted by Gasteiger charge is 2.45. The zero-order chi connectivity index (χ0) is 21.7. The number of aliphatic hydroxyl groups is 1. The molecule has 1 heterocycles. The van der Waals surface area contributed by atoms with Crippen molar-refractivity contribution in [3.63, 3.8) is 0 Å². The van der Waals surface area contributed by atoms with Crippen molar-refractivity contribution in [1.29, 1.82) is 0 Å². The number of ketones is 1. The third kappa shape index (κ3) is 4.24. The van der Waals surface area contributed by atoms with E-state index in [4.69, 9.17) is 4.74 Å². The van der Waals surface area contributed by atoms with Crippen LogP contribution in [0.15, 0.2) is 60.2 Å². The lowest BCUT2D eigenvalue weighted by Gasteiger charge is -2.28. The fourth-order valence-corrected chi connectivity index (χ4v) is 3.79. The number of aliphatic hydroxyl groups excluding tert-OH is 1. The van der Waals surface area contributed by atoms with Crippen LogP contribution in [0.2, 0.25) is 0 Å². The largest absolute Gasteiger partial charge is 0.507 e. The van der Waals surface area contributed by atoms with Crippen LogP contribution >= 0.6 is 0 Å². The summed E-state index contributed by atoms with van der Waals surface area (Å²) in [6.45, 7) is 6.92. The second-order valence-electron chi connectivity index (χ2n) is 7.16. The SMILES string of the molecule is CCN(CC)CCN1C(=O)C(=O)C(=C(O)c2ccc(OC)cc2)C1c1ccccc1. The topological polar surface area (TPSA) is 70.1 Å². The van der Waals surface area contributed by atoms with E-state index >= 15 is 0 Å². The molecular formula is C24H28N2O4. The normalized spacial score (nSPS) is 18.3. The van der Waals surface area contributed by atoms with Gasteiger partial charge in [0, 0.05) is 18.7 Å². The third-order valence-electron chi connectivity index (χ3n) is 5.57. The minimum atomic E-state index is -0.656. The van der Waals surface area contributed by atoms with Crippen LogP contribution in [0.3, 0.4) is 0 Å². The van der Waals surface area contributed by atoms with Gasteiger partial charge in [-0.3, -0.25) is 9.59 Å². The first-order chi connectivity index (χ1) is 14.5. The Balaban J connectivity index is 2.05. The fraction of sp³-hybridized carbons (Fsp3) is 0.333. The summed E-state index contributed by atoms with van der Waals surface area (Å²) in [6.07, 6.45) is 0. The van der Waals surface area contributed by atoms with Crippen molar-refractivity contribution < 1.29 is 19.4 Å². The quantitative estimate of drug-likeness (QED) is 0.412. The molecule has 6 heteroatoms. The summed E-state index contributed by atoms with van der Waals surface area (Å²) in [5.74, 6) is -0.760. The molecular weight excluding hydrogens is 380 g/mol. The van der Waals surface area contributed by atoms with Gasteiger partial charge in [-0.1, -0.05) is 44.2 Å². The van der Waals surface area contributed by atoms with Gasteiger partial charge < -0.3 is 19.6 Å². The molecule has 2 aromatic carbocycles. The minimum absolute atomic E-state index is 0.121. The average Bonchev–Trinajstić information content (AvgIpc) is 3.05. The number of carbonyl (C=O) groups is 2. The van der Waals surface area contributed by atoms with Crippen LogP contribution in [0.25, 0.3) is 5.76 Å². The number of ether oxygens (including phenoxy) is 1. The number of hydrogen-bond donors (Lipinski definition) is 1. The van der Waals surface area contributed by atoms with Crippen molar-refractivity contribution in [3.05, 3.63) is 71.3 Å². The maximum atomic E-state index is 13.0. The number of nitrogens with zero attached hydrogens (tertiary/aromatic N) is 2. The van der Waals surface area contributed by atoms with E-state index in [0.717, 1.165) is 18.7 Å². The number of likely N-dealkylation sites (tertiary alicyclic amines) is 1. The van der Waals surface area contributed by atoms with Crippen molar-refractivity contribution in [2.75, 3.05) is 33.3 Å². The van der Waals surface area contributed by atoms with E-state index in [0.29, 0.717) is 24.4 Å². The maximum Gasteiger partial charge on any atom is 0.295 e. The lowest BCUT2D eigenvalue weighted by molar-refractivity contribution is -0.140. The molecule has 2 aromatic rings. The van der Waals surface area contributed by atoms with Crippen molar-refractivity contribution in [2.45, 2.75) is 19.9 Å². The Labute approximate surface area is 177 Å². The molecule has 3 rings (SSSR count). The highest BCUT2D eigenvalue weighted by atomic mass is 16.5. The first kappa shape index (κ1) is 21.6. The fourth-order valence-electron chi connectivity index (χ4n) is 3.79. The number of hydrogen-bond acceptors (Lipinski definition) is 5. The first-order valence-corrected chi connectivity index (χ1v) is 10.2. The summed E-state index contributed by atoms with van der Waals surface area (Å²) in [5, 5.41) is 11.0. The molecule has 1 aliphatic heterocycles. The van der Waals surface area contributed by atoms with E-state index in [9.17, 15) is 14.7 Å². The Bertz CT molecular complexity index is 918. The lowest BCUT2D eigenvalue weighted by atomic mass is 9.95. The van der Waals surface area contributed by atoms with Crippen molar-refractivity contribution >= 4 is 17.4 Å². The van der Waals surface area contributed by atoms with Crippen LogP contribution in [-0.4, -0.2) is 59.9 Å². The Morgan fingerprint density at radius 1 is 1.03 bits per heavy atom. The second-order valence-corrected chi connectivity index (χ2v) is 7.16. The molecule has 1 aliphatic rings. The first-order valence-electron chi connectivity index (χ1n) is 10.2. The monoisotopic (exact) mass is 408 g/mol. The predicted molar refractivity (Wildman–Crippen MR) is 116 cm³/mol. The van der Waals surface area contributed by atoms with Gasteiger partial charge in [0.2, 0.25) is 0 Å². The molecule has 0 spiro atoms. The molecule has 1 amide bonds.